The van der Waals surface area contributed by atoms with Gasteiger partial charge in [-0.15, -0.1) is 0 Å². The molecule has 0 amide bonds. The van der Waals surface area contributed by atoms with Gasteiger partial charge >= 0.3 is 29.7 Å². The molecule has 152 valence electrons. The standard InChI is InChI=1S/C17H24O10/c1-15(2,3)11(18)22-9-24-13(20)17(26-7-8-27-17)14(21)25-10-23-12(19)16(4,5)6/h7-8H,9-10H2,1-6H3. The average molecular weight is 388 g/mol. The largest absolute Gasteiger partial charge is 0.452 e. The molecule has 0 atom stereocenters. The Balaban J connectivity index is 2.61. The molecule has 1 aliphatic heterocycles. The lowest BCUT2D eigenvalue weighted by atomic mass is 9.97. The molecule has 0 aromatic rings. The van der Waals surface area contributed by atoms with Crippen LogP contribution in [0.15, 0.2) is 12.5 Å². The van der Waals surface area contributed by atoms with Crippen molar-refractivity contribution in [1.82, 2.24) is 0 Å². The summed E-state index contributed by atoms with van der Waals surface area (Å²) < 4.78 is 28.7. The fourth-order valence-corrected chi connectivity index (χ4v) is 1.45. The Hall–Kier alpha value is -2.78. The number of hydrogen-bond donors (Lipinski definition) is 0. The molecule has 0 aromatic carbocycles. The van der Waals surface area contributed by atoms with Crippen LogP contribution in [0.3, 0.4) is 0 Å². The Labute approximate surface area is 156 Å². The van der Waals surface area contributed by atoms with Crippen LogP contribution in [0, 0.1) is 10.8 Å². The third-order valence-corrected chi connectivity index (χ3v) is 3.05. The highest BCUT2D eigenvalue weighted by Crippen LogP contribution is 2.25. The summed E-state index contributed by atoms with van der Waals surface area (Å²) in [4.78, 5) is 47.6. The van der Waals surface area contributed by atoms with Crippen LogP contribution in [-0.2, 0) is 47.6 Å². The lowest BCUT2D eigenvalue weighted by molar-refractivity contribution is -0.228. The van der Waals surface area contributed by atoms with E-state index in [4.69, 9.17) is 28.4 Å². The predicted octanol–water partition coefficient (Wildman–Crippen LogP) is 1.38. The maximum Gasteiger partial charge on any atom is 0.452 e. The highest BCUT2D eigenvalue weighted by atomic mass is 16.8. The van der Waals surface area contributed by atoms with Crippen molar-refractivity contribution in [3.8, 4) is 0 Å². The summed E-state index contributed by atoms with van der Waals surface area (Å²) in [6, 6.07) is 0. The van der Waals surface area contributed by atoms with E-state index in [2.05, 4.69) is 0 Å². The van der Waals surface area contributed by atoms with Gasteiger partial charge in [-0.05, 0) is 41.5 Å². The van der Waals surface area contributed by atoms with Crippen LogP contribution >= 0.6 is 0 Å². The lowest BCUT2D eigenvalue weighted by Crippen LogP contribution is -2.50. The SMILES string of the molecule is CC(C)(C)C(=O)OCOC(=O)C1(C(=O)OCOC(=O)C(C)(C)C)OC=CO1. The van der Waals surface area contributed by atoms with Gasteiger partial charge in [0.15, 0.2) is 0 Å². The monoisotopic (exact) mass is 388 g/mol. The molecule has 1 rings (SSSR count). The van der Waals surface area contributed by atoms with Crippen molar-refractivity contribution in [3.05, 3.63) is 12.5 Å². The predicted molar refractivity (Wildman–Crippen MR) is 87.1 cm³/mol. The van der Waals surface area contributed by atoms with E-state index in [1.807, 2.05) is 0 Å². The zero-order chi connectivity index (χ0) is 20.9. The number of rotatable bonds is 6. The van der Waals surface area contributed by atoms with E-state index < -0.39 is 54.1 Å². The van der Waals surface area contributed by atoms with Gasteiger partial charge in [0, 0.05) is 0 Å². The molecule has 0 saturated heterocycles. The van der Waals surface area contributed by atoms with Gasteiger partial charge in [-0.25, -0.2) is 9.59 Å². The Kier molecular flexibility index (Phi) is 6.82. The summed E-state index contributed by atoms with van der Waals surface area (Å²) in [7, 11) is 0. The van der Waals surface area contributed by atoms with E-state index >= 15 is 0 Å². The highest BCUT2D eigenvalue weighted by Gasteiger charge is 2.57. The second-order valence-corrected chi connectivity index (χ2v) is 7.59. The summed E-state index contributed by atoms with van der Waals surface area (Å²) in [5, 5.41) is 0. The van der Waals surface area contributed by atoms with Gasteiger partial charge in [0.2, 0.25) is 13.6 Å². The van der Waals surface area contributed by atoms with Crippen molar-refractivity contribution in [3.63, 3.8) is 0 Å². The zero-order valence-corrected chi connectivity index (χ0v) is 16.2. The molecule has 0 aliphatic carbocycles. The second kappa shape index (κ2) is 8.28. The van der Waals surface area contributed by atoms with E-state index in [0.717, 1.165) is 12.5 Å². The second-order valence-electron chi connectivity index (χ2n) is 7.59. The molecular formula is C17H24O10. The first kappa shape index (κ1) is 22.3. The third-order valence-electron chi connectivity index (χ3n) is 3.05. The smallest absolute Gasteiger partial charge is 0.439 e. The molecule has 0 saturated carbocycles. The zero-order valence-electron chi connectivity index (χ0n) is 16.2. The molecule has 27 heavy (non-hydrogen) atoms. The normalized spacial score (nSPS) is 15.2. The van der Waals surface area contributed by atoms with E-state index in [1.165, 1.54) is 0 Å². The summed E-state index contributed by atoms with van der Waals surface area (Å²) in [6.07, 6.45) is 1.87. The number of hydrogen-bond acceptors (Lipinski definition) is 10. The van der Waals surface area contributed by atoms with Gasteiger partial charge in [0.05, 0.1) is 10.8 Å². The lowest BCUT2D eigenvalue weighted by Gasteiger charge is -2.23. The molecular weight excluding hydrogens is 364 g/mol. The first-order valence-corrected chi connectivity index (χ1v) is 8.00. The van der Waals surface area contributed by atoms with Crippen LogP contribution in [0.5, 0.6) is 0 Å². The topological polar surface area (TPSA) is 124 Å². The van der Waals surface area contributed by atoms with Gasteiger partial charge < -0.3 is 28.4 Å². The Bertz CT molecular complexity index is 567. The Morgan fingerprint density at radius 2 is 1.04 bits per heavy atom. The van der Waals surface area contributed by atoms with Gasteiger partial charge in [-0.1, -0.05) is 0 Å². The molecule has 0 bridgehead atoms. The molecule has 10 heteroatoms. The minimum Gasteiger partial charge on any atom is -0.439 e. The van der Waals surface area contributed by atoms with E-state index in [0.29, 0.717) is 0 Å². The van der Waals surface area contributed by atoms with Crippen LogP contribution in [-0.4, -0.2) is 43.3 Å². The van der Waals surface area contributed by atoms with Gasteiger partial charge in [0.1, 0.15) is 12.5 Å². The van der Waals surface area contributed by atoms with Crippen LogP contribution in [0.1, 0.15) is 41.5 Å². The van der Waals surface area contributed by atoms with Crippen LogP contribution in [0.2, 0.25) is 0 Å². The summed E-state index contributed by atoms with van der Waals surface area (Å²) in [6.45, 7) is 8.17. The summed E-state index contributed by atoms with van der Waals surface area (Å²) in [5.41, 5.74) is -1.61. The van der Waals surface area contributed by atoms with Crippen LogP contribution in [0.25, 0.3) is 0 Å². The molecule has 0 spiro atoms. The van der Waals surface area contributed by atoms with Crippen molar-refractivity contribution in [2.75, 3.05) is 13.6 Å². The van der Waals surface area contributed by atoms with E-state index in [1.54, 1.807) is 41.5 Å². The minimum absolute atomic E-state index is 0.618. The number of ether oxygens (including phenoxy) is 6. The molecule has 0 aromatic heterocycles. The first-order chi connectivity index (χ1) is 12.3. The van der Waals surface area contributed by atoms with E-state index in [-0.39, 0.29) is 0 Å². The van der Waals surface area contributed by atoms with Crippen LogP contribution < -0.4 is 0 Å². The summed E-state index contributed by atoms with van der Waals surface area (Å²) >= 11 is 0. The van der Waals surface area contributed by atoms with Gasteiger partial charge in [0.25, 0.3) is 0 Å². The third kappa shape index (κ3) is 5.87. The summed E-state index contributed by atoms with van der Waals surface area (Å²) in [5.74, 6) is -6.41. The maximum absolute atomic E-state index is 12.2. The van der Waals surface area contributed by atoms with Crippen molar-refractivity contribution < 1.29 is 47.6 Å². The fraction of sp³-hybridized carbons (Fsp3) is 0.647. The minimum atomic E-state index is -2.57. The molecule has 0 radical (unpaired) electrons. The van der Waals surface area contributed by atoms with Crippen molar-refractivity contribution in [2.45, 2.75) is 47.3 Å². The number of carbonyl (C=O) groups is 4. The van der Waals surface area contributed by atoms with E-state index in [9.17, 15) is 19.2 Å². The molecule has 1 aliphatic rings. The van der Waals surface area contributed by atoms with Gasteiger partial charge in [-0.3, -0.25) is 9.59 Å². The number of carbonyl (C=O) groups excluding carboxylic acids is 4. The van der Waals surface area contributed by atoms with Crippen molar-refractivity contribution in [1.29, 1.82) is 0 Å². The molecule has 0 fully saturated rings. The molecule has 1 heterocycles. The molecule has 10 nitrogen and oxygen atoms in total. The maximum atomic E-state index is 12.2. The van der Waals surface area contributed by atoms with Crippen LogP contribution in [0.4, 0.5) is 0 Å². The molecule has 0 unspecified atom stereocenters. The highest BCUT2D eigenvalue weighted by molar-refractivity contribution is 6.02. The Morgan fingerprint density at radius 3 is 1.33 bits per heavy atom. The number of esters is 4. The molecule has 0 N–H and O–H groups in total. The quantitative estimate of drug-likeness (QED) is 0.374. The average Bonchev–Trinajstić information content (AvgIpc) is 3.03. The fourth-order valence-electron chi connectivity index (χ4n) is 1.45. The Morgan fingerprint density at radius 1 is 0.704 bits per heavy atom. The van der Waals surface area contributed by atoms with Crippen molar-refractivity contribution in [2.24, 2.45) is 10.8 Å². The van der Waals surface area contributed by atoms with Gasteiger partial charge in [-0.2, -0.15) is 0 Å². The van der Waals surface area contributed by atoms with Crippen molar-refractivity contribution >= 4 is 23.9 Å². The first-order valence-electron chi connectivity index (χ1n) is 8.00.